The third-order valence-corrected chi connectivity index (χ3v) is 4.40. The van der Waals surface area contributed by atoms with Gasteiger partial charge in [0, 0.05) is 23.5 Å². The predicted octanol–water partition coefficient (Wildman–Crippen LogP) is 2.78. The van der Waals surface area contributed by atoms with Gasteiger partial charge in [-0.1, -0.05) is 0 Å². The summed E-state index contributed by atoms with van der Waals surface area (Å²) in [7, 11) is 0. The maximum atomic E-state index is 12.8. The van der Waals surface area contributed by atoms with Crippen molar-refractivity contribution >= 4 is 11.6 Å². The zero-order valence-electron chi connectivity index (χ0n) is 13.6. The van der Waals surface area contributed by atoms with Crippen molar-refractivity contribution in [3.63, 3.8) is 0 Å². The smallest absolute Gasteiger partial charge is 0.264 e. The number of pyridine rings is 1. The van der Waals surface area contributed by atoms with Crippen LogP contribution >= 0.6 is 0 Å². The Morgan fingerprint density at radius 2 is 1.92 bits per heavy atom. The second kappa shape index (κ2) is 5.40. The molecular weight excluding hydrogens is 308 g/mol. The SMILES string of the molecule is Cc1cc(C)n(C2CC2)c(=O)c1C(=O)Nc1ccc2c(c1)OCO2. The molecule has 4 rings (SSSR count). The third-order valence-electron chi connectivity index (χ3n) is 4.40. The molecule has 124 valence electrons. The molecule has 0 radical (unpaired) electrons. The average Bonchev–Trinajstić information content (AvgIpc) is 3.23. The van der Waals surface area contributed by atoms with Gasteiger partial charge in [-0.3, -0.25) is 9.59 Å². The minimum atomic E-state index is -0.397. The van der Waals surface area contributed by atoms with E-state index in [0.717, 1.165) is 18.5 Å². The first-order chi connectivity index (χ1) is 11.5. The van der Waals surface area contributed by atoms with Crippen molar-refractivity contribution in [2.45, 2.75) is 32.7 Å². The molecule has 1 saturated carbocycles. The highest BCUT2D eigenvalue weighted by molar-refractivity contribution is 6.05. The molecule has 0 bridgehead atoms. The molecule has 0 atom stereocenters. The van der Waals surface area contributed by atoms with Crippen molar-refractivity contribution in [2.24, 2.45) is 0 Å². The van der Waals surface area contributed by atoms with Gasteiger partial charge in [0.25, 0.3) is 11.5 Å². The molecule has 1 aliphatic heterocycles. The number of hydrogen-bond donors (Lipinski definition) is 1. The van der Waals surface area contributed by atoms with Crippen LogP contribution in [-0.4, -0.2) is 17.3 Å². The zero-order chi connectivity index (χ0) is 16.8. The molecular formula is C18H18N2O4. The summed E-state index contributed by atoms with van der Waals surface area (Å²) in [6.07, 6.45) is 1.99. The van der Waals surface area contributed by atoms with Gasteiger partial charge in [0.1, 0.15) is 5.56 Å². The summed E-state index contributed by atoms with van der Waals surface area (Å²) in [6, 6.07) is 7.30. The highest BCUT2D eigenvalue weighted by atomic mass is 16.7. The number of anilines is 1. The molecule has 2 heterocycles. The summed E-state index contributed by atoms with van der Waals surface area (Å²) in [6.45, 7) is 3.88. The lowest BCUT2D eigenvalue weighted by Crippen LogP contribution is -2.31. The van der Waals surface area contributed by atoms with E-state index in [1.54, 1.807) is 29.7 Å². The van der Waals surface area contributed by atoms with E-state index in [1.165, 1.54) is 0 Å². The van der Waals surface area contributed by atoms with Crippen LogP contribution in [0.25, 0.3) is 0 Å². The largest absolute Gasteiger partial charge is 0.454 e. The molecule has 6 heteroatoms. The van der Waals surface area contributed by atoms with E-state index in [1.807, 2.05) is 13.0 Å². The standard InChI is InChI=1S/C18H18N2O4/c1-10-7-11(2)20(13-4-5-13)18(22)16(10)17(21)19-12-3-6-14-15(8-12)24-9-23-14/h3,6-8,13H,4-5,9H2,1-2H3,(H,19,21). The van der Waals surface area contributed by atoms with E-state index in [2.05, 4.69) is 5.32 Å². The Bertz CT molecular complexity index is 897. The number of carbonyl (C=O) groups is 1. The quantitative estimate of drug-likeness (QED) is 0.941. The molecule has 0 saturated heterocycles. The minimum absolute atomic E-state index is 0.176. The van der Waals surface area contributed by atoms with Crippen molar-refractivity contribution in [1.29, 1.82) is 0 Å². The van der Waals surface area contributed by atoms with Crippen molar-refractivity contribution in [2.75, 3.05) is 12.1 Å². The van der Waals surface area contributed by atoms with Crippen LogP contribution in [0.5, 0.6) is 11.5 Å². The molecule has 1 aliphatic carbocycles. The summed E-state index contributed by atoms with van der Waals surface area (Å²) < 4.78 is 12.3. The number of fused-ring (bicyclic) bond motifs is 1. The molecule has 1 aromatic heterocycles. The zero-order valence-corrected chi connectivity index (χ0v) is 13.6. The Labute approximate surface area is 139 Å². The maximum Gasteiger partial charge on any atom is 0.264 e. The maximum absolute atomic E-state index is 12.8. The van der Waals surface area contributed by atoms with Gasteiger partial charge in [0.05, 0.1) is 0 Å². The highest BCUT2D eigenvalue weighted by Gasteiger charge is 2.28. The fraction of sp³-hybridized carbons (Fsp3) is 0.333. The lowest BCUT2D eigenvalue weighted by Gasteiger charge is -2.14. The van der Waals surface area contributed by atoms with Gasteiger partial charge in [0.2, 0.25) is 6.79 Å². The number of nitrogens with zero attached hydrogens (tertiary/aromatic N) is 1. The normalized spacial score (nSPS) is 15.4. The minimum Gasteiger partial charge on any atom is -0.454 e. The molecule has 24 heavy (non-hydrogen) atoms. The molecule has 0 spiro atoms. The number of ether oxygens (including phenoxy) is 2. The van der Waals surface area contributed by atoms with Crippen LogP contribution in [0.4, 0.5) is 5.69 Å². The van der Waals surface area contributed by atoms with Gasteiger partial charge in [0.15, 0.2) is 11.5 Å². The fourth-order valence-electron chi connectivity index (χ4n) is 3.13. The van der Waals surface area contributed by atoms with Gasteiger partial charge in [-0.05, 0) is 50.5 Å². The molecule has 1 aromatic carbocycles. The van der Waals surface area contributed by atoms with E-state index >= 15 is 0 Å². The van der Waals surface area contributed by atoms with Crippen LogP contribution in [-0.2, 0) is 0 Å². The van der Waals surface area contributed by atoms with E-state index in [-0.39, 0.29) is 24.0 Å². The highest BCUT2D eigenvalue weighted by Crippen LogP contribution is 2.35. The summed E-state index contributed by atoms with van der Waals surface area (Å²) in [5.41, 5.74) is 2.15. The summed E-state index contributed by atoms with van der Waals surface area (Å²) in [4.78, 5) is 25.4. The van der Waals surface area contributed by atoms with E-state index < -0.39 is 5.91 Å². The second-order valence-electron chi connectivity index (χ2n) is 6.27. The molecule has 1 amide bonds. The predicted molar refractivity (Wildman–Crippen MR) is 89.0 cm³/mol. The fourth-order valence-corrected chi connectivity index (χ4v) is 3.13. The Kier molecular flexibility index (Phi) is 3.33. The molecule has 1 N–H and O–H groups in total. The number of hydrogen-bond acceptors (Lipinski definition) is 4. The van der Waals surface area contributed by atoms with Crippen molar-refractivity contribution < 1.29 is 14.3 Å². The number of amides is 1. The molecule has 1 fully saturated rings. The van der Waals surface area contributed by atoms with Crippen LogP contribution in [0, 0.1) is 13.8 Å². The van der Waals surface area contributed by atoms with E-state index in [0.29, 0.717) is 22.7 Å². The van der Waals surface area contributed by atoms with E-state index in [9.17, 15) is 9.59 Å². The lowest BCUT2D eigenvalue weighted by atomic mass is 10.1. The summed E-state index contributed by atoms with van der Waals surface area (Å²) in [5.74, 6) is 0.838. The van der Waals surface area contributed by atoms with Crippen molar-refractivity contribution in [3.8, 4) is 11.5 Å². The van der Waals surface area contributed by atoms with Gasteiger partial charge in [-0.2, -0.15) is 0 Å². The van der Waals surface area contributed by atoms with Gasteiger partial charge < -0.3 is 19.4 Å². The Morgan fingerprint density at radius 1 is 1.17 bits per heavy atom. The van der Waals surface area contributed by atoms with Gasteiger partial charge in [-0.15, -0.1) is 0 Å². The number of carbonyl (C=O) groups excluding carboxylic acids is 1. The summed E-state index contributed by atoms with van der Waals surface area (Å²) >= 11 is 0. The molecule has 0 unspecified atom stereocenters. The van der Waals surface area contributed by atoms with Crippen LogP contribution in [0.3, 0.4) is 0 Å². The monoisotopic (exact) mass is 326 g/mol. The van der Waals surface area contributed by atoms with Crippen LogP contribution in [0.1, 0.15) is 40.5 Å². The molecule has 6 nitrogen and oxygen atoms in total. The van der Waals surface area contributed by atoms with Crippen LogP contribution in [0.2, 0.25) is 0 Å². The van der Waals surface area contributed by atoms with Crippen molar-refractivity contribution in [3.05, 3.63) is 51.4 Å². The molecule has 2 aliphatic rings. The average molecular weight is 326 g/mol. The number of nitrogens with one attached hydrogen (secondary N) is 1. The first-order valence-corrected chi connectivity index (χ1v) is 7.98. The third kappa shape index (κ3) is 2.44. The van der Waals surface area contributed by atoms with Crippen LogP contribution in [0.15, 0.2) is 29.1 Å². The Balaban J connectivity index is 1.67. The number of rotatable bonds is 3. The molecule has 2 aromatic rings. The van der Waals surface area contributed by atoms with Crippen LogP contribution < -0.4 is 20.3 Å². The van der Waals surface area contributed by atoms with Gasteiger partial charge >= 0.3 is 0 Å². The second-order valence-corrected chi connectivity index (χ2v) is 6.27. The number of aryl methyl sites for hydroxylation is 2. The lowest BCUT2D eigenvalue weighted by molar-refractivity contribution is 0.102. The Hall–Kier alpha value is -2.76. The number of aromatic nitrogens is 1. The number of benzene rings is 1. The van der Waals surface area contributed by atoms with E-state index in [4.69, 9.17) is 9.47 Å². The summed E-state index contributed by atoms with van der Waals surface area (Å²) in [5, 5.41) is 2.79. The topological polar surface area (TPSA) is 69.6 Å². The first kappa shape index (κ1) is 14.8. The van der Waals surface area contributed by atoms with Crippen molar-refractivity contribution in [1.82, 2.24) is 4.57 Å². The first-order valence-electron chi connectivity index (χ1n) is 7.98. The van der Waals surface area contributed by atoms with Gasteiger partial charge in [-0.25, -0.2) is 0 Å². The Morgan fingerprint density at radius 3 is 2.67 bits per heavy atom.